The molecule has 2 aromatic rings. The number of rotatable bonds is 7. The third kappa shape index (κ3) is 4.81. The van der Waals surface area contributed by atoms with Gasteiger partial charge in [0.2, 0.25) is 0 Å². The Kier molecular flexibility index (Phi) is 5.89. The van der Waals surface area contributed by atoms with Crippen LogP contribution >= 0.6 is 0 Å². The van der Waals surface area contributed by atoms with E-state index in [0.29, 0.717) is 13.0 Å². The SMILES string of the molecule is CC(C)Oc1ccc(CCNC(=O)c2ccccc2[N+](=O)[O-])cc1. The minimum atomic E-state index is -0.553. The highest BCUT2D eigenvalue weighted by molar-refractivity contribution is 5.98. The normalized spacial score (nSPS) is 10.5. The van der Waals surface area contributed by atoms with Gasteiger partial charge in [-0.1, -0.05) is 24.3 Å². The average Bonchev–Trinajstić information content (AvgIpc) is 2.56. The van der Waals surface area contributed by atoms with Crippen molar-refractivity contribution >= 4 is 11.6 Å². The number of amides is 1. The Morgan fingerprint density at radius 3 is 2.46 bits per heavy atom. The van der Waals surface area contributed by atoms with Crippen molar-refractivity contribution in [2.75, 3.05) is 6.54 Å². The summed E-state index contributed by atoms with van der Waals surface area (Å²) in [5.41, 5.74) is 0.933. The van der Waals surface area contributed by atoms with Crippen molar-refractivity contribution in [3.05, 3.63) is 69.8 Å². The van der Waals surface area contributed by atoms with E-state index in [-0.39, 0.29) is 17.4 Å². The largest absolute Gasteiger partial charge is 0.491 e. The van der Waals surface area contributed by atoms with E-state index in [1.54, 1.807) is 6.07 Å². The fourth-order valence-electron chi connectivity index (χ4n) is 2.25. The molecule has 0 radical (unpaired) electrons. The van der Waals surface area contributed by atoms with Gasteiger partial charge in [-0.05, 0) is 44.0 Å². The molecule has 2 rings (SSSR count). The van der Waals surface area contributed by atoms with Gasteiger partial charge in [0, 0.05) is 12.6 Å². The Bertz CT molecular complexity index is 711. The van der Waals surface area contributed by atoms with Gasteiger partial charge in [0.05, 0.1) is 11.0 Å². The topological polar surface area (TPSA) is 81.5 Å². The van der Waals surface area contributed by atoms with Crippen molar-refractivity contribution in [1.29, 1.82) is 0 Å². The molecular formula is C18H20N2O4. The molecule has 6 heteroatoms. The molecule has 0 bridgehead atoms. The number of nitrogens with one attached hydrogen (secondary N) is 1. The Morgan fingerprint density at radius 1 is 1.17 bits per heavy atom. The van der Waals surface area contributed by atoms with E-state index in [9.17, 15) is 14.9 Å². The molecule has 0 aromatic heterocycles. The summed E-state index contributed by atoms with van der Waals surface area (Å²) < 4.78 is 5.57. The van der Waals surface area contributed by atoms with Crippen LogP contribution in [0.1, 0.15) is 29.8 Å². The summed E-state index contributed by atoms with van der Waals surface area (Å²) in [6.07, 6.45) is 0.755. The number of hydrogen-bond acceptors (Lipinski definition) is 4. The summed E-state index contributed by atoms with van der Waals surface area (Å²) >= 11 is 0. The highest BCUT2D eigenvalue weighted by Gasteiger charge is 2.18. The monoisotopic (exact) mass is 328 g/mol. The van der Waals surface area contributed by atoms with Crippen LogP contribution < -0.4 is 10.1 Å². The number of para-hydroxylation sites is 1. The molecule has 126 valence electrons. The van der Waals surface area contributed by atoms with E-state index in [0.717, 1.165) is 11.3 Å². The average molecular weight is 328 g/mol. The summed E-state index contributed by atoms with van der Waals surface area (Å²) in [5, 5.41) is 13.7. The molecule has 0 spiro atoms. The second-order valence-corrected chi connectivity index (χ2v) is 5.59. The first-order chi connectivity index (χ1) is 11.5. The molecule has 0 aliphatic carbocycles. The fourth-order valence-corrected chi connectivity index (χ4v) is 2.25. The number of carbonyl (C=O) groups is 1. The third-order valence-electron chi connectivity index (χ3n) is 3.34. The first kappa shape index (κ1) is 17.5. The molecule has 0 atom stereocenters. The van der Waals surface area contributed by atoms with E-state index in [1.165, 1.54) is 18.2 Å². The van der Waals surface area contributed by atoms with Crippen molar-refractivity contribution in [3.8, 4) is 5.75 Å². The number of ether oxygens (including phenoxy) is 1. The van der Waals surface area contributed by atoms with E-state index < -0.39 is 10.8 Å². The summed E-state index contributed by atoms with van der Waals surface area (Å²) in [7, 11) is 0. The van der Waals surface area contributed by atoms with Crippen LogP contribution in [-0.4, -0.2) is 23.5 Å². The number of nitro groups is 1. The predicted octanol–water partition coefficient (Wildman–Crippen LogP) is 3.35. The quantitative estimate of drug-likeness (QED) is 0.624. The first-order valence-electron chi connectivity index (χ1n) is 7.74. The number of hydrogen-bond donors (Lipinski definition) is 1. The molecule has 0 aliphatic rings. The molecule has 6 nitrogen and oxygen atoms in total. The second-order valence-electron chi connectivity index (χ2n) is 5.59. The molecule has 1 amide bonds. The number of nitro benzene ring substituents is 1. The number of nitrogens with zero attached hydrogens (tertiary/aromatic N) is 1. The lowest BCUT2D eigenvalue weighted by atomic mass is 10.1. The molecule has 0 saturated carbocycles. The summed E-state index contributed by atoms with van der Waals surface area (Å²) in [5.74, 6) is 0.361. The molecule has 0 unspecified atom stereocenters. The van der Waals surface area contributed by atoms with Gasteiger partial charge >= 0.3 is 0 Å². The Morgan fingerprint density at radius 2 is 1.83 bits per heavy atom. The van der Waals surface area contributed by atoms with Crippen molar-refractivity contribution in [1.82, 2.24) is 5.32 Å². The molecule has 0 aliphatic heterocycles. The van der Waals surface area contributed by atoms with E-state index in [1.807, 2.05) is 38.1 Å². The van der Waals surface area contributed by atoms with Gasteiger partial charge in [0.15, 0.2) is 0 Å². The fraction of sp³-hybridized carbons (Fsp3) is 0.278. The maximum Gasteiger partial charge on any atom is 0.282 e. The number of carbonyl (C=O) groups excluding carboxylic acids is 1. The molecule has 24 heavy (non-hydrogen) atoms. The van der Waals surface area contributed by atoms with Gasteiger partial charge in [-0.15, -0.1) is 0 Å². The second kappa shape index (κ2) is 8.10. The van der Waals surface area contributed by atoms with Gasteiger partial charge < -0.3 is 10.1 Å². The zero-order chi connectivity index (χ0) is 17.5. The zero-order valence-electron chi connectivity index (χ0n) is 13.7. The van der Waals surface area contributed by atoms with Crippen LogP contribution in [0, 0.1) is 10.1 Å². The number of benzene rings is 2. The maximum atomic E-state index is 12.1. The van der Waals surface area contributed by atoms with Crippen molar-refractivity contribution in [2.45, 2.75) is 26.4 Å². The van der Waals surface area contributed by atoms with Crippen LogP contribution in [0.3, 0.4) is 0 Å². The molecule has 0 fully saturated rings. The minimum absolute atomic E-state index is 0.0724. The van der Waals surface area contributed by atoms with Crippen LogP contribution in [0.25, 0.3) is 0 Å². The lowest BCUT2D eigenvalue weighted by Crippen LogP contribution is -2.26. The van der Waals surface area contributed by atoms with Crippen molar-refractivity contribution in [3.63, 3.8) is 0 Å². The van der Waals surface area contributed by atoms with Crippen LogP contribution in [0.2, 0.25) is 0 Å². The van der Waals surface area contributed by atoms with Gasteiger partial charge in [-0.25, -0.2) is 0 Å². The van der Waals surface area contributed by atoms with Gasteiger partial charge in [-0.2, -0.15) is 0 Å². The summed E-state index contributed by atoms with van der Waals surface area (Å²) in [6, 6.07) is 13.6. The van der Waals surface area contributed by atoms with Crippen LogP contribution in [-0.2, 0) is 6.42 Å². The lowest BCUT2D eigenvalue weighted by Gasteiger charge is -2.10. The lowest BCUT2D eigenvalue weighted by molar-refractivity contribution is -0.385. The van der Waals surface area contributed by atoms with Gasteiger partial charge in [-0.3, -0.25) is 14.9 Å². The minimum Gasteiger partial charge on any atom is -0.491 e. The van der Waals surface area contributed by atoms with Gasteiger partial charge in [0.25, 0.3) is 11.6 Å². The standard InChI is InChI=1S/C18H20N2O4/c1-13(2)24-15-9-7-14(8-10-15)11-12-19-18(21)16-5-3-4-6-17(16)20(22)23/h3-10,13H,11-12H2,1-2H3,(H,19,21). The molecule has 1 N–H and O–H groups in total. The summed E-state index contributed by atoms with van der Waals surface area (Å²) in [4.78, 5) is 22.5. The molecule has 2 aromatic carbocycles. The smallest absolute Gasteiger partial charge is 0.282 e. The third-order valence-corrected chi connectivity index (χ3v) is 3.34. The van der Waals surface area contributed by atoms with Crippen molar-refractivity contribution < 1.29 is 14.5 Å². The van der Waals surface area contributed by atoms with Crippen LogP contribution in [0.15, 0.2) is 48.5 Å². The van der Waals surface area contributed by atoms with Crippen LogP contribution in [0.4, 0.5) is 5.69 Å². The Labute approximate surface area is 140 Å². The maximum absolute atomic E-state index is 12.1. The van der Waals surface area contributed by atoms with Gasteiger partial charge in [0.1, 0.15) is 11.3 Å². The zero-order valence-corrected chi connectivity index (χ0v) is 13.7. The predicted molar refractivity (Wildman–Crippen MR) is 91.3 cm³/mol. The molecular weight excluding hydrogens is 308 g/mol. The molecule has 0 saturated heterocycles. The van der Waals surface area contributed by atoms with Crippen LogP contribution in [0.5, 0.6) is 5.75 Å². The van der Waals surface area contributed by atoms with E-state index in [2.05, 4.69) is 5.32 Å². The van der Waals surface area contributed by atoms with E-state index in [4.69, 9.17) is 4.74 Å². The highest BCUT2D eigenvalue weighted by Crippen LogP contribution is 2.17. The first-order valence-corrected chi connectivity index (χ1v) is 7.74. The van der Waals surface area contributed by atoms with Crippen molar-refractivity contribution in [2.24, 2.45) is 0 Å². The Hall–Kier alpha value is -2.89. The summed E-state index contributed by atoms with van der Waals surface area (Å²) in [6.45, 7) is 4.33. The molecule has 0 heterocycles. The van der Waals surface area contributed by atoms with E-state index >= 15 is 0 Å². The highest BCUT2D eigenvalue weighted by atomic mass is 16.6. The Balaban J connectivity index is 1.90.